The van der Waals surface area contributed by atoms with Gasteiger partial charge in [0.2, 0.25) is 0 Å². The van der Waals surface area contributed by atoms with E-state index in [0.29, 0.717) is 5.82 Å². The van der Waals surface area contributed by atoms with Crippen LogP contribution >= 0.6 is 0 Å². The second-order valence-corrected chi connectivity index (χ2v) is 14.5. The molecular weight excluding hydrogens is 691 g/mol. The van der Waals surface area contributed by atoms with Crippen LogP contribution in [-0.2, 0) is 0 Å². The second-order valence-electron chi connectivity index (χ2n) is 14.5. The lowest BCUT2D eigenvalue weighted by Gasteiger charge is -2.16. The van der Waals surface area contributed by atoms with Gasteiger partial charge in [0.05, 0.1) is 11.4 Å². The van der Waals surface area contributed by atoms with Crippen molar-refractivity contribution in [3.05, 3.63) is 212 Å². The number of nitrogens with zero attached hydrogens (tertiary/aromatic N) is 3. The van der Waals surface area contributed by atoms with Crippen molar-refractivity contribution >= 4 is 21.5 Å². The summed E-state index contributed by atoms with van der Waals surface area (Å²) in [6.45, 7) is 2.03. The van der Waals surface area contributed by atoms with Crippen molar-refractivity contribution < 1.29 is 0 Å². The summed E-state index contributed by atoms with van der Waals surface area (Å²) in [6, 6.07) is 71.3. The molecule has 0 aliphatic carbocycles. The lowest BCUT2D eigenvalue weighted by Crippen LogP contribution is -1.97. The molecule has 0 spiro atoms. The average Bonchev–Trinajstić information content (AvgIpc) is 3.28. The first-order valence-corrected chi connectivity index (χ1v) is 19.3. The van der Waals surface area contributed by atoms with E-state index in [1.165, 1.54) is 49.4 Å². The zero-order valence-corrected chi connectivity index (χ0v) is 31.5. The number of hydrogen-bond donors (Lipinski definition) is 0. The molecule has 3 nitrogen and oxygen atoms in total. The maximum atomic E-state index is 5.27. The van der Waals surface area contributed by atoms with E-state index in [-0.39, 0.29) is 0 Å². The summed E-state index contributed by atoms with van der Waals surface area (Å²) >= 11 is 0. The largest absolute Gasteiger partial charge is 0.262 e. The highest BCUT2D eigenvalue weighted by molar-refractivity contribution is 6.13. The van der Waals surface area contributed by atoms with Crippen molar-refractivity contribution in [2.45, 2.75) is 6.92 Å². The Morgan fingerprint density at radius 2 is 0.772 bits per heavy atom. The number of aryl methyl sites for hydroxylation is 1. The SMILES string of the molecule is Cc1cc(-c2ccc(-c3ccc(-c4cc(-c5nc(-c6ccccc6)cc(-c6ccccc6)n5)cc(-c5c6ccccc6cc6ccccc56)c4)cc3)cc2)ccn1. The van der Waals surface area contributed by atoms with Gasteiger partial charge in [0.1, 0.15) is 0 Å². The van der Waals surface area contributed by atoms with E-state index in [0.717, 1.165) is 50.5 Å². The van der Waals surface area contributed by atoms with Crippen LogP contribution in [0.5, 0.6) is 0 Å². The second kappa shape index (κ2) is 14.6. The Balaban J connectivity index is 1.14. The Kier molecular flexibility index (Phi) is 8.74. The van der Waals surface area contributed by atoms with Crippen molar-refractivity contribution in [3.8, 4) is 78.4 Å². The van der Waals surface area contributed by atoms with Crippen LogP contribution in [0.15, 0.2) is 206 Å². The van der Waals surface area contributed by atoms with Gasteiger partial charge in [-0.3, -0.25) is 4.98 Å². The third-order valence-corrected chi connectivity index (χ3v) is 10.8. The first-order valence-electron chi connectivity index (χ1n) is 19.3. The van der Waals surface area contributed by atoms with E-state index >= 15 is 0 Å². The van der Waals surface area contributed by atoms with Crippen LogP contribution in [0, 0.1) is 6.92 Å². The van der Waals surface area contributed by atoms with E-state index < -0.39 is 0 Å². The van der Waals surface area contributed by atoms with E-state index in [1.807, 2.05) is 25.3 Å². The molecule has 0 unspecified atom stereocenters. The van der Waals surface area contributed by atoms with Crippen molar-refractivity contribution in [3.63, 3.8) is 0 Å². The topological polar surface area (TPSA) is 38.7 Å². The maximum absolute atomic E-state index is 5.27. The van der Waals surface area contributed by atoms with Gasteiger partial charge in [-0.05, 0) is 115 Å². The van der Waals surface area contributed by atoms with Crippen molar-refractivity contribution in [2.24, 2.45) is 0 Å². The molecule has 3 heteroatoms. The van der Waals surface area contributed by atoms with Gasteiger partial charge < -0.3 is 0 Å². The fraction of sp³-hybridized carbons (Fsp3) is 0.0185. The monoisotopic (exact) mass is 727 g/mol. The van der Waals surface area contributed by atoms with Gasteiger partial charge >= 0.3 is 0 Å². The molecule has 0 atom stereocenters. The minimum atomic E-state index is 0.684. The predicted molar refractivity (Wildman–Crippen MR) is 238 cm³/mol. The van der Waals surface area contributed by atoms with Crippen LogP contribution < -0.4 is 0 Å². The van der Waals surface area contributed by atoms with Crippen LogP contribution in [0.1, 0.15) is 5.69 Å². The summed E-state index contributed by atoms with van der Waals surface area (Å²) in [5.41, 5.74) is 15.1. The molecule has 57 heavy (non-hydrogen) atoms. The highest BCUT2D eigenvalue weighted by Gasteiger charge is 2.17. The van der Waals surface area contributed by atoms with E-state index in [9.17, 15) is 0 Å². The Bertz CT molecular complexity index is 2930. The number of aromatic nitrogens is 3. The van der Waals surface area contributed by atoms with Gasteiger partial charge in [-0.2, -0.15) is 0 Å². The Morgan fingerprint density at radius 3 is 1.32 bits per heavy atom. The summed E-state index contributed by atoms with van der Waals surface area (Å²) in [7, 11) is 0. The number of benzene rings is 8. The highest BCUT2D eigenvalue weighted by atomic mass is 14.9. The molecule has 0 aliphatic rings. The van der Waals surface area contributed by atoms with Gasteiger partial charge in [0.25, 0.3) is 0 Å². The van der Waals surface area contributed by atoms with Crippen LogP contribution in [0.3, 0.4) is 0 Å². The lowest BCUT2D eigenvalue weighted by atomic mass is 9.89. The van der Waals surface area contributed by atoms with Gasteiger partial charge in [0.15, 0.2) is 5.82 Å². The van der Waals surface area contributed by atoms with Crippen molar-refractivity contribution in [1.29, 1.82) is 0 Å². The molecule has 2 aromatic heterocycles. The Labute approximate surface area is 332 Å². The predicted octanol–water partition coefficient (Wildman–Crippen LogP) is 14.2. The molecule has 10 aromatic rings. The maximum Gasteiger partial charge on any atom is 0.160 e. The summed E-state index contributed by atoms with van der Waals surface area (Å²) in [5.74, 6) is 0.684. The van der Waals surface area contributed by atoms with Crippen LogP contribution in [0.2, 0.25) is 0 Å². The summed E-state index contributed by atoms with van der Waals surface area (Å²) in [5, 5.41) is 4.84. The average molecular weight is 728 g/mol. The fourth-order valence-electron chi connectivity index (χ4n) is 7.92. The standard InChI is InChI=1S/C54H37N3/c1-36-30-43(28-29-55-36)39-24-20-37(21-25-39)38-22-26-40(27-23-38)46-32-47(53-49-18-10-8-16-44(49)31-45-17-9-11-19-50(45)53)34-48(33-46)54-56-51(41-12-4-2-5-13-41)35-52(57-54)42-14-6-3-7-15-42/h2-35H,1H3. The smallest absolute Gasteiger partial charge is 0.160 e. The van der Waals surface area contributed by atoms with Gasteiger partial charge in [0, 0.05) is 28.6 Å². The summed E-state index contributed by atoms with van der Waals surface area (Å²) in [4.78, 5) is 14.9. The summed E-state index contributed by atoms with van der Waals surface area (Å²) in [6.07, 6.45) is 1.87. The Hall–Kier alpha value is -7.49. The highest BCUT2D eigenvalue weighted by Crippen LogP contribution is 2.41. The number of fused-ring (bicyclic) bond motifs is 2. The molecule has 0 saturated heterocycles. The fourth-order valence-corrected chi connectivity index (χ4v) is 7.92. The Morgan fingerprint density at radius 1 is 0.316 bits per heavy atom. The third kappa shape index (κ3) is 6.77. The molecule has 0 radical (unpaired) electrons. The van der Waals surface area contributed by atoms with Crippen LogP contribution in [0.25, 0.3) is 100.0 Å². The normalized spacial score (nSPS) is 11.2. The molecule has 0 fully saturated rings. The molecule has 0 saturated carbocycles. The molecule has 10 rings (SSSR count). The third-order valence-electron chi connectivity index (χ3n) is 10.8. The van der Waals surface area contributed by atoms with Crippen molar-refractivity contribution in [2.75, 3.05) is 0 Å². The van der Waals surface area contributed by atoms with Crippen LogP contribution in [-0.4, -0.2) is 15.0 Å². The van der Waals surface area contributed by atoms with Crippen LogP contribution in [0.4, 0.5) is 0 Å². The van der Waals surface area contributed by atoms with Gasteiger partial charge in [-0.1, -0.05) is 158 Å². The minimum absolute atomic E-state index is 0.684. The number of hydrogen-bond acceptors (Lipinski definition) is 3. The van der Waals surface area contributed by atoms with Gasteiger partial charge in [-0.15, -0.1) is 0 Å². The molecule has 8 aromatic carbocycles. The first kappa shape index (κ1) is 34.0. The zero-order chi connectivity index (χ0) is 38.1. The molecule has 0 N–H and O–H groups in total. The summed E-state index contributed by atoms with van der Waals surface area (Å²) < 4.78 is 0. The quantitative estimate of drug-likeness (QED) is 0.153. The molecular formula is C54H37N3. The van der Waals surface area contributed by atoms with E-state index in [4.69, 9.17) is 9.97 Å². The number of pyridine rings is 1. The molecule has 268 valence electrons. The van der Waals surface area contributed by atoms with E-state index in [1.54, 1.807) is 0 Å². The van der Waals surface area contributed by atoms with E-state index in [2.05, 4.69) is 193 Å². The molecule has 0 amide bonds. The first-order chi connectivity index (χ1) is 28.1. The lowest BCUT2D eigenvalue weighted by molar-refractivity contribution is 1.18. The van der Waals surface area contributed by atoms with Crippen molar-refractivity contribution in [1.82, 2.24) is 15.0 Å². The zero-order valence-electron chi connectivity index (χ0n) is 31.5. The molecule has 2 heterocycles. The number of rotatable bonds is 7. The molecule has 0 aliphatic heterocycles. The molecule has 0 bridgehead atoms. The minimum Gasteiger partial charge on any atom is -0.262 e. The van der Waals surface area contributed by atoms with Gasteiger partial charge in [-0.25, -0.2) is 9.97 Å².